The zero-order valence-electron chi connectivity index (χ0n) is 15.5. The normalized spacial score (nSPS) is 21.2. The number of nitrogens with one attached hydrogen (secondary N) is 1. The van der Waals surface area contributed by atoms with Crippen LogP contribution in [0.25, 0.3) is 0 Å². The van der Waals surface area contributed by atoms with E-state index in [1.165, 1.54) is 25.9 Å². The van der Waals surface area contributed by atoms with Gasteiger partial charge in [-0.05, 0) is 70.3 Å². The highest BCUT2D eigenvalue weighted by atomic mass is 16.5. The van der Waals surface area contributed by atoms with Crippen LogP contribution in [0.3, 0.4) is 0 Å². The predicted octanol–water partition coefficient (Wildman–Crippen LogP) is 3.70. The number of urea groups is 1. The molecular weight excluding hydrogens is 314 g/mol. The Bertz CT molecular complexity index is 570. The Labute approximate surface area is 151 Å². The van der Waals surface area contributed by atoms with Crippen LogP contribution < -0.4 is 5.32 Å². The summed E-state index contributed by atoms with van der Waals surface area (Å²) in [5.41, 5.74) is 1.93. The van der Waals surface area contributed by atoms with Crippen molar-refractivity contribution < 1.29 is 9.53 Å². The zero-order valence-corrected chi connectivity index (χ0v) is 15.5. The second-order valence-corrected chi connectivity index (χ2v) is 7.49. The van der Waals surface area contributed by atoms with Gasteiger partial charge in [-0.1, -0.05) is 12.1 Å². The summed E-state index contributed by atoms with van der Waals surface area (Å²) < 4.78 is 5.65. The van der Waals surface area contributed by atoms with Crippen molar-refractivity contribution in [1.29, 1.82) is 0 Å². The second-order valence-electron chi connectivity index (χ2n) is 7.49. The minimum absolute atomic E-state index is 0.0311. The molecule has 5 nitrogen and oxygen atoms in total. The molecule has 25 heavy (non-hydrogen) atoms. The molecule has 2 fully saturated rings. The van der Waals surface area contributed by atoms with Gasteiger partial charge in [-0.15, -0.1) is 0 Å². The van der Waals surface area contributed by atoms with E-state index < -0.39 is 0 Å². The van der Waals surface area contributed by atoms with Crippen molar-refractivity contribution in [2.24, 2.45) is 0 Å². The largest absolute Gasteiger partial charge is 0.374 e. The first kappa shape index (κ1) is 18.2. The van der Waals surface area contributed by atoms with Crippen molar-refractivity contribution in [3.63, 3.8) is 0 Å². The standard InChI is InChI=1S/C20H31N3O2/c1-16(2)25-15-17-7-5-8-18(13-17)21-20(24)23-12-6-9-19(23)14-22-10-3-4-11-22/h5,7-8,13,16,19H,3-4,6,9-12,14-15H2,1-2H3,(H,21,24). The molecule has 1 aromatic rings. The molecule has 3 rings (SSSR count). The number of ether oxygens (including phenoxy) is 1. The number of amides is 2. The fourth-order valence-electron chi connectivity index (χ4n) is 3.75. The maximum absolute atomic E-state index is 12.7. The fourth-order valence-corrected chi connectivity index (χ4v) is 3.75. The number of hydrogen-bond acceptors (Lipinski definition) is 3. The Balaban J connectivity index is 1.56. The van der Waals surface area contributed by atoms with Crippen molar-refractivity contribution in [2.45, 2.75) is 58.3 Å². The van der Waals surface area contributed by atoms with Crippen LogP contribution in [-0.4, -0.2) is 54.2 Å². The minimum Gasteiger partial charge on any atom is -0.374 e. The molecule has 0 aromatic heterocycles. The molecule has 0 radical (unpaired) electrons. The molecular formula is C20H31N3O2. The molecule has 1 aromatic carbocycles. The van der Waals surface area contributed by atoms with E-state index in [-0.39, 0.29) is 12.1 Å². The lowest BCUT2D eigenvalue weighted by Crippen LogP contribution is -2.44. The third-order valence-corrected chi connectivity index (χ3v) is 5.07. The Morgan fingerprint density at radius 3 is 2.80 bits per heavy atom. The molecule has 1 atom stereocenters. The molecule has 1 unspecified atom stereocenters. The van der Waals surface area contributed by atoms with Crippen LogP contribution in [0, 0.1) is 0 Å². The highest BCUT2D eigenvalue weighted by Gasteiger charge is 2.30. The lowest BCUT2D eigenvalue weighted by atomic mass is 10.2. The topological polar surface area (TPSA) is 44.8 Å². The van der Waals surface area contributed by atoms with E-state index in [2.05, 4.69) is 10.2 Å². The van der Waals surface area contributed by atoms with Crippen molar-refractivity contribution in [1.82, 2.24) is 9.80 Å². The maximum Gasteiger partial charge on any atom is 0.322 e. The van der Waals surface area contributed by atoms with Gasteiger partial charge in [0.15, 0.2) is 0 Å². The molecule has 0 aliphatic carbocycles. The van der Waals surface area contributed by atoms with E-state index in [1.807, 2.05) is 43.0 Å². The van der Waals surface area contributed by atoms with Gasteiger partial charge in [0.25, 0.3) is 0 Å². The Hall–Kier alpha value is -1.59. The third kappa shape index (κ3) is 5.19. The van der Waals surface area contributed by atoms with Crippen molar-refractivity contribution in [3.8, 4) is 0 Å². The van der Waals surface area contributed by atoms with E-state index in [4.69, 9.17) is 4.74 Å². The van der Waals surface area contributed by atoms with Crippen LogP contribution in [0.5, 0.6) is 0 Å². The van der Waals surface area contributed by atoms with Crippen molar-refractivity contribution >= 4 is 11.7 Å². The average Bonchev–Trinajstić information content (AvgIpc) is 3.25. The molecule has 5 heteroatoms. The Morgan fingerprint density at radius 1 is 1.24 bits per heavy atom. The summed E-state index contributed by atoms with van der Waals surface area (Å²) in [5, 5.41) is 3.08. The molecule has 0 bridgehead atoms. The first-order chi connectivity index (χ1) is 12.1. The lowest BCUT2D eigenvalue weighted by Gasteiger charge is -2.28. The molecule has 2 heterocycles. The number of carbonyl (C=O) groups excluding carboxylic acids is 1. The van der Waals surface area contributed by atoms with E-state index in [0.717, 1.165) is 37.2 Å². The van der Waals surface area contributed by atoms with E-state index in [1.54, 1.807) is 0 Å². The molecule has 2 amide bonds. The van der Waals surface area contributed by atoms with Crippen molar-refractivity contribution in [3.05, 3.63) is 29.8 Å². The summed E-state index contributed by atoms with van der Waals surface area (Å²) in [6.45, 7) is 8.88. The predicted molar refractivity (Wildman–Crippen MR) is 101 cm³/mol. The van der Waals surface area contributed by atoms with Crippen LogP contribution in [0.15, 0.2) is 24.3 Å². The molecule has 0 spiro atoms. The molecule has 2 aliphatic rings. The molecule has 2 saturated heterocycles. The summed E-state index contributed by atoms with van der Waals surface area (Å²) >= 11 is 0. The first-order valence-corrected chi connectivity index (χ1v) is 9.62. The summed E-state index contributed by atoms with van der Waals surface area (Å²) in [4.78, 5) is 17.3. The van der Waals surface area contributed by atoms with Crippen molar-refractivity contribution in [2.75, 3.05) is 31.5 Å². The lowest BCUT2D eigenvalue weighted by molar-refractivity contribution is 0.0657. The number of anilines is 1. The molecule has 138 valence electrons. The van der Waals surface area contributed by atoms with Crippen LogP contribution in [0.4, 0.5) is 10.5 Å². The maximum atomic E-state index is 12.7. The Morgan fingerprint density at radius 2 is 2.04 bits per heavy atom. The number of carbonyl (C=O) groups is 1. The number of nitrogens with zero attached hydrogens (tertiary/aromatic N) is 2. The molecule has 0 saturated carbocycles. The summed E-state index contributed by atoms with van der Waals surface area (Å²) in [5.74, 6) is 0. The van der Waals surface area contributed by atoms with E-state index in [9.17, 15) is 4.79 Å². The van der Waals surface area contributed by atoms with Crippen LogP contribution in [0.1, 0.15) is 45.1 Å². The number of rotatable bonds is 6. The van der Waals surface area contributed by atoms with Gasteiger partial charge in [-0.25, -0.2) is 4.79 Å². The highest BCUT2D eigenvalue weighted by molar-refractivity contribution is 5.89. The van der Waals surface area contributed by atoms with Gasteiger partial charge in [-0.3, -0.25) is 0 Å². The minimum atomic E-state index is 0.0311. The third-order valence-electron chi connectivity index (χ3n) is 5.07. The summed E-state index contributed by atoms with van der Waals surface area (Å²) in [6, 6.07) is 8.34. The second kappa shape index (κ2) is 8.68. The SMILES string of the molecule is CC(C)OCc1cccc(NC(=O)N2CCCC2CN2CCCC2)c1. The average molecular weight is 345 g/mol. The van der Waals surface area contributed by atoms with Gasteiger partial charge in [-0.2, -0.15) is 0 Å². The van der Waals surface area contributed by atoms with Crippen LogP contribution >= 0.6 is 0 Å². The van der Waals surface area contributed by atoms with E-state index >= 15 is 0 Å². The van der Waals surface area contributed by atoms with Gasteiger partial charge in [0.2, 0.25) is 0 Å². The van der Waals surface area contributed by atoms with Crippen LogP contribution in [-0.2, 0) is 11.3 Å². The Kier molecular flexibility index (Phi) is 6.32. The smallest absolute Gasteiger partial charge is 0.322 e. The van der Waals surface area contributed by atoms with Gasteiger partial charge >= 0.3 is 6.03 Å². The van der Waals surface area contributed by atoms with Gasteiger partial charge in [0.05, 0.1) is 12.7 Å². The summed E-state index contributed by atoms with van der Waals surface area (Å²) in [7, 11) is 0. The van der Waals surface area contributed by atoms with Gasteiger partial charge in [0.1, 0.15) is 0 Å². The summed E-state index contributed by atoms with van der Waals surface area (Å²) in [6.07, 6.45) is 5.02. The number of hydrogen-bond donors (Lipinski definition) is 1. The van der Waals surface area contributed by atoms with E-state index in [0.29, 0.717) is 12.6 Å². The number of benzene rings is 1. The van der Waals surface area contributed by atoms with Gasteiger partial charge < -0.3 is 19.9 Å². The monoisotopic (exact) mass is 345 g/mol. The first-order valence-electron chi connectivity index (χ1n) is 9.62. The zero-order chi connectivity index (χ0) is 17.6. The quantitative estimate of drug-likeness (QED) is 0.855. The number of likely N-dealkylation sites (tertiary alicyclic amines) is 2. The molecule has 1 N–H and O–H groups in total. The van der Waals surface area contributed by atoms with Crippen LogP contribution in [0.2, 0.25) is 0 Å². The fraction of sp³-hybridized carbons (Fsp3) is 0.650. The highest BCUT2D eigenvalue weighted by Crippen LogP contribution is 2.22. The van der Waals surface area contributed by atoms with Gasteiger partial charge in [0, 0.05) is 24.8 Å². The molecule has 2 aliphatic heterocycles.